The van der Waals surface area contributed by atoms with Crippen molar-refractivity contribution < 1.29 is 0 Å². The van der Waals surface area contributed by atoms with Crippen LogP contribution < -0.4 is 0 Å². The van der Waals surface area contributed by atoms with E-state index in [9.17, 15) is 0 Å². The quantitative estimate of drug-likeness (QED) is 0.148. The van der Waals surface area contributed by atoms with Crippen molar-refractivity contribution in [2.45, 2.75) is 113 Å². The lowest BCUT2D eigenvalue weighted by molar-refractivity contribution is 0.590. The molecule has 2 fully saturated rings. The van der Waals surface area contributed by atoms with Crippen LogP contribution in [-0.2, 0) is 23.2 Å². The fraction of sp³-hybridized carbons (Fsp3) is 0.333. The highest BCUT2D eigenvalue weighted by atomic mass is 31.1. The Morgan fingerprint density at radius 2 is 0.702 bits per heavy atom. The molecule has 1 N–H and O–H groups in total. The maximum atomic E-state index is 4.26. The largest absolute Gasteiger partial charge is 0.354 e. The summed E-state index contributed by atoms with van der Waals surface area (Å²) in [5.74, 6) is 0. The molecule has 2 saturated heterocycles. The van der Waals surface area contributed by atoms with E-state index < -0.39 is 0 Å². The molecule has 0 aliphatic carbocycles. The van der Waals surface area contributed by atoms with Gasteiger partial charge in [0.25, 0.3) is 0 Å². The monoisotopic (exact) mass is 783 g/mol. The normalized spacial score (nSPS) is 20.9. The van der Waals surface area contributed by atoms with Gasteiger partial charge in [-0.2, -0.15) is 0 Å². The van der Waals surface area contributed by atoms with E-state index in [4.69, 9.17) is 0 Å². The van der Waals surface area contributed by atoms with Crippen LogP contribution in [0, 0.1) is 0 Å². The van der Waals surface area contributed by atoms with Gasteiger partial charge in [0.1, 0.15) is 0 Å². The summed E-state index contributed by atoms with van der Waals surface area (Å²) in [7, 11) is -0.751. The van der Waals surface area contributed by atoms with Gasteiger partial charge in [0.05, 0.1) is 11.0 Å². The lowest BCUT2D eigenvalue weighted by Gasteiger charge is -2.28. The van der Waals surface area contributed by atoms with Crippen molar-refractivity contribution in [3.8, 4) is 0 Å². The van der Waals surface area contributed by atoms with Crippen LogP contribution in [0.2, 0.25) is 0 Å². The summed E-state index contributed by atoms with van der Waals surface area (Å²) in [4.78, 5) is 4.26. The van der Waals surface area contributed by atoms with Gasteiger partial charge in [-0.15, -0.1) is 0 Å². The minimum absolute atomic E-state index is 0.0382. The van der Waals surface area contributed by atoms with Crippen molar-refractivity contribution in [3.05, 3.63) is 190 Å². The minimum Gasteiger partial charge on any atom is -0.354 e. The second kappa shape index (κ2) is 15.6. The fourth-order valence-electron chi connectivity index (χ4n) is 10.1. The number of hydrogen-bond donors (Lipinski definition) is 1. The summed E-state index contributed by atoms with van der Waals surface area (Å²) in [6, 6.07) is 56.2. The first kappa shape index (κ1) is 38.5. The second-order valence-corrected chi connectivity index (χ2v) is 24.1. The predicted molar refractivity (Wildman–Crippen MR) is 250 cm³/mol. The summed E-state index contributed by atoms with van der Waals surface area (Å²) < 4.78 is 0. The zero-order valence-corrected chi connectivity index (χ0v) is 36.6. The Morgan fingerprint density at radius 1 is 0.421 bits per heavy atom. The molecule has 9 rings (SSSR count). The highest BCUT2D eigenvalue weighted by Gasteiger charge is 2.39. The first-order valence-corrected chi connectivity index (χ1v) is 24.7. The number of fused-ring (bicyclic) bond motifs is 3. The first-order chi connectivity index (χ1) is 27.5. The molecule has 3 heterocycles. The summed E-state index contributed by atoms with van der Waals surface area (Å²) >= 11 is 0. The number of aromatic nitrogens is 1. The molecule has 2 aliphatic rings. The van der Waals surface area contributed by atoms with E-state index in [1.807, 2.05) is 0 Å². The van der Waals surface area contributed by atoms with E-state index in [2.05, 4.69) is 192 Å². The van der Waals surface area contributed by atoms with Crippen LogP contribution in [0.1, 0.15) is 134 Å². The molecule has 0 spiro atoms. The van der Waals surface area contributed by atoms with Gasteiger partial charge in [-0.25, -0.2) is 0 Å². The second-order valence-electron chi connectivity index (χ2n) is 18.9. The molecule has 2 aliphatic heterocycles. The maximum absolute atomic E-state index is 4.26. The number of benzene rings is 6. The molecule has 4 atom stereocenters. The molecule has 0 unspecified atom stereocenters. The molecule has 6 aromatic carbocycles. The predicted octanol–water partition coefficient (Wildman–Crippen LogP) is 16.4. The zero-order chi connectivity index (χ0) is 39.3. The summed E-state index contributed by atoms with van der Waals surface area (Å²) in [6.07, 6.45) is 7.30. The van der Waals surface area contributed by atoms with E-state index in [-0.39, 0.29) is 26.7 Å². The van der Waals surface area contributed by atoms with Gasteiger partial charge >= 0.3 is 0 Å². The summed E-state index contributed by atoms with van der Waals surface area (Å²) in [6.45, 7) is 14.4. The Hall–Kier alpha value is -4.02. The van der Waals surface area contributed by atoms with Gasteiger partial charge in [-0.1, -0.05) is 191 Å². The smallest absolute Gasteiger partial charge is 0.0501 e. The van der Waals surface area contributed by atoms with Crippen molar-refractivity contribution in [1.29, 1.82) is 0 Å². The maximum Gasteiger partial charge on any atom is 0.0501 e. The Balaban J connectivity index is 1.22. The van der Waals surface area contributed by atoms with Crippen LogP contribution in [0.15, 0.2) is 146 Å². The SMILES string of the molecule is CC(C)(C)c1cc(CP2[C@@H](c3ccccc3)CC[C@@H]2c2ccccc2)c2[nH]c3c(CP4[C@@H](c5ccccc5)CC[C@@H]4c4ccccc4)cc(C(C)(C)C)cc3c2c1. The van der Waals surface area contributed by atoms with E-state index in [0.717, 1.165) is 12.3 Å². The number of rotatable bonds is 8. The van der Waals surface area contributed by atoms with E-state index in [0.29, 0.717) is 22.6 Å². The van der Waals surface area contributed by atoms with Crippen molar-refractivity contribution in [1.82, 2.24) is 4.98 Å². The van der Waals surface area contributed by atoms with Gasteiger partial charge in [-0.05, 0) is 105 Å². The number of aromatic amines is 1. The highest BCUT2D eigenvalue weighted by molar-refractivity contribution is 7.58. The summed E-state index contributed by atoms with van der Waals surface area (Å²) in [5, 5.41) is 2.83. The Bertz CT molecular complexity index is 2190. The third-order valence-electron chi connectivity index (χ3n) is 13.2. The van der Waals surface area contributed by atoms with E-state index >= 15 is 0 Å². The molecule has 0 bridgehead atoms. The molecular weight excluding hydrogens is 725 g/mol. The van der Waals surface area contributed by atoms with E-state index in [1.165, 1.54) is 92.0 Å². The molecule has 57 heavy (non-hydrogen) atoms. The number of hydrogen-bond acceptors (Lipinski definition) is 0. The molecule has 3 heteroatoms. The van der Waals surface area contributed by atoms with Crippen molar-refractivity contribution in [2.24, 2.45) is 0 Å². The molecule has 0 saturated carbocycles. The first-order valence-electron chi connectivity index (χ1n) is 21.4. The zero-order valence-electron chi connectivity index (χ0n) is 34.8. The Kier molecular flexibility index (Phi) is 10.6. The fourth-order valence-corrected chi connectivity index (χ4v) is 17.2. The van der Waals surface area contributed by atoms with Crippen LogP contribution in [0.5, 0.6) is 0 Å². The van der Waals surface area contributed by atoms with Crippen molar-refractivity contribution in [3.63, 3.8) is 0 Å². The lowest BCUT2D eigenvalue weighted by atomic mass is 9.83. The standard InChI is InChI=1S/C54H59NP2/c1-53(2,3)43-31-41(35-56-47(37-19-11-7-12-20-37)27-28-48(56)38-21-13-8-14-22-38)51-45(33-43)46-34-44(54(4,5)6)32-42(52(46)55-51)36-57-49(39-23-15-9-16-24-39)29-30-50(57)40-25-17-10-18-26-40/h7-26,31-34,47-50,55H,27-30,35-36H2,1-6H3/t47-,48-,49-,50-/m1/s1. The van der Waals surface area contributed by atoms with Gasteiger partial charge in [0.2, 0.25) is 0 Å². The third-order valence-corrected chi connectivity index (χ3v) is 20.0. The van der Waals surface area contributed by atoms with Crippen LogP contribution >= 0.6 is 15.8 Å². The van der Waals surface area contributed by atoms with Gasteiger partial charge < -0.3 is 4.98 Å². The number of H-pyrrole nitrogens is 1. The summed E-state index contributed by atoms with van der Waals surface area (Å²) in [5.41, 5.74) is 17.3. The average Bonchev–Trinajstić information content (AvgIpc) is 3.94. The molecular formula is C54H59NP2. The van der Waals surface area contributed by atoms with Crippen molar-refractivity contribution >= 4 is 37.6 Å². The van der Waals surface area contributed by atoms with Crippen LogP contribution in [0.25, 0.3) is 21.8 Å². The Labute approximate surface area is 344 Å². The molecule has 290 valence electrons. The highest BCUT2D eigenvalue weighted by Crippen LogP contribution is 2.73. The minimum atomic E-state index is -0.375. The average molecular weight is 784 g/mol. The Morgan fingerprint density at radius 3 is 0.965 bits per heavy atom. The molecule has 0 amide bonds. The lowest BCUT2D eigenvalue weighted by Crippen LogP contribution is -2.12. The van der Waals surface area contributed by atoms with Gasteiger partial charge in [-0.3, -0.25) is 0 Å². The van der Waals surface area contributed by atoms with E-state index in [1.54, 1.807) is 0 Å². The topological polar surface area (TPSA) is 15.8 Å². The van der Waals surface area contributed by atoms with Crippen LogP contribution in [-0.4, -0.2) is 4.98 Å². The van der Waals surface area contributed by atoms with Crippen molar-refractivity contribution in [2.75, 3.05) is 0 Å². The van der Waals surface area contributed by atoms with Crippen LogP contribution in [0.3, 0.4) is 0 Å². The van der Waals surface area contributed by atoms with Gasteiger partial charge in [0, 0.05) is 33.4 Å². The number of nitrogens with one attached hydrogen (secondary N) is 1. The third kappa shape index (κ3) is 7.69. The molecule has 7 aromatic rings. The molecule has 0 radical (unpaired) electrons. The van der Waals surface area contributed by atoms with Gasteiger partial charge in [0.15, 0.2) is 0 Å². The molecule has 1 aromatic heterocycles. The van der Waals surface area contributed by atoms with Crippen LogP contribution in [0.4, 0.5) is 0 Å². The molecule has 1 nitrogen and oxygen atoms in total.